The first kappa shape index (κ1) is 18.6. The third kappa shape index (κ3) is 3.89. The van der Waals surface area contributed by atoms with E-state index in [-0.39, 0.29) is 12.3 Å². The number of benzene rings is 1. The molecule has 1 saturated heterocycles. The van der Waals surface area contributed by atoms with Crippen molar-refractivity contribution in [2.75, 3.05) is 27.2 Å². The van der Waals surface area contributed by atoms with E-state index in [2.05, 4.69) is 33.9 Å². The number of oxazole rings is 1. The lowest BCUT2D eigenvalue weighted by Gasteiger charge is -2.35. The molecule has 0 unspecified atom stereocenters. The van der Waals surface area contributed by atoms with Crippen LogP contribution in [0.25, 0.3) is 22.2 Å². The number of carbonyl (C=O) groups is 1. The number of hydrogen-bond acceptors (Lipinski definition) is 6. The highest BCUT2D eigenvalue weighted by molar-refractivity contribution is 5.83. The number of aryl methyl sites for hydroxylation is 1. The van der Waals surface area contributed by atoms with Gasteiger partial charge >= 0.3 is 0 Å². The number of nitrogens with zero attached hydrogens (tertiary/aromatic N) is 5. The molecule has 0 saturated carbocycles. The molecule has 0 bridgehead atoms. The molecule has 7 heteroatoms. The standard InChI is InChI=1S/C21H25N5O2/c1-14-22-13-19(28-14)15-4-5-16-12-23-20(24-18(16)10-15)11-21(27)26-8-6-17(7-9-26)25(2)3/h4-5,10,12-13,17H,6-9,11H2,1-3H3. The fraction of sp³-hybridized carbons (Fsp3) is 0.429. The third-order valence-electron chi connectivity index (χ3n) is 5.40. The Labute approximate surface area is 164 Å². The van der Waals surface area contributed by atoms with Crippen molar-refractivity contribution in [3.63, 3.8) is 0 Å². The van der Waals surface area contributed by atoms with Crippen molar-refractivity contribution in [2.24, 2.45) is 0 Å². The van der Waals surface area contributed by atoms with Gasteiger partial charge in [0, 0.05) is 43.2 Å². The molecule has 0 aliphatic carbocycles. The van der Waals surface area contributed by atoms with Crippen LogP contribution < -0.4 is 0 Å². The molecule has 1 aliphatic heterocycles. The predicted octanol–water partition coefficient (Wildman–Crippen LogP) is 2.69. The molecule has 7 nitrogen and oxygen atoms in total. The van der Waals surface area contributed by atoms with Crippen molar-refractivity contribution in [3.05, 3.63) is 42.3 Å². The van der Waals surface area contributed by atoms with Crippen LogP contribution in [0.2, 0.25) is 0 Å². The number of hydrogen-bond donors (Lipinski definition) is 0. The largest absolute Gasteiger partial charge is 0.441 e. The third-order valence-corrected chi connectivity index (χ3v) is 5.40. The van der Waals surface area contributed by atoms with Crippen LogP contribution in [-0.2, 0) is 11.2 Å². The summed E-state index contributed by atoms with van der Waals surface area (Å²) >= 11 is 0. The van der Waals surface area contributed by atoms with Gasteiger partial charge in [0.15, 0.2) is 11.7 Å². The molecule has 2 aromatic heterocycles. The topological polar surface area (TPSA) is 75.4 Å². The van der Waals surface area contributed by atoms with E-state index in [4.69, 9.17) is 4.42 Å². The molecule has 0 radical (unpaired) electrons. The highest BCUT2D eigenvalue weighted by atomic mass is 16.4. The maximum absolute atomic E-state index is 12.7. The van der Waals surface area contributed by atoms with Crippen LogP contribution in [0.4, 0.5) is 0 Å². The Kier molecular flexibility index (Phi) is 5.09. The summed E-state index contributed by atoms with van der Waals surface area (Å²) in [4.78, 5) is 30.0. The van der Waals surface area contributed by atoms with Gasteiger partial charge in [-0.3, -0.25) is 4.79 Å². The van der Waals surface area contributed by atoms with Gasteiger partial charge in [-0.25, -0.2) is 15.0 Å². The first-order valence-electron chi connectivity index (χ1n) is 9.62. The Balaban J connectivity index is 1.49. The second kappa shape index (κ2) is 7.67. The zero-order valence-electron chi connectivity index (χ0n) is 16.6. The quantitative estimate of drug-likeness (QED) is 0.694. The Morgan fingerprint density at radius 2 is 2.00 bits per heavy atom. The lowest BCUT2D eigenvalue weighted by Crippen LogP contribution is -2.45. The fourth-order valence-electron chi connectivity index (χ4n) is 3.67. The van der Waals surface area contributed by atoms with Crippen LogP contribution in [0.5, 0.6) is 0 Å². The van der Waals surface area contributed by atoms with Crippen molar-refractivity contribution in [2.45, 2.75) is 32.2 Å². The van der Waals surface area contributed by atoms with Gasteiger partial charge in [0.05, 0.1) is 18.1 Å². The van der Waals surface area contributed by atoms with Crippen LogP contribution in [0.15, 0.2) is 35.0 Å². The summed E-state index contributed by atoms with van der Waals surface area (Å²) in [5.74, 6) is 1.98. The van der Waals surface area contributed by atoms with Crippen LogP contribution in [0, 0.1) is 6.92 Å². The molecule has 1 aliphatic rings. The van der Waals surface area contributed by atoms with Crippen LogP contribution in [-0.4, -0.2) is 63.9 Å². The molecular weight excluding hydrogens is 354 g/mol. The monoisotopic (exact) mass is 379 g/mol. The van der Waals surface area contributed by atoms with Crippen LogP contribution >= 0.6 is 0 Å². The van der Waals surface area contributed by atoms with E-state index in [1.165, 1.54) is 0 Å². The number of amides is 1. The molecule has 1 fully saturated rings. The minimum Gasteiger partial charge on any atom is -0.441 e. The summed E-state index contributed by atoms with van der Waals surface area (Å²) in [5, 5.41) is 0.933. The van der Waals surface area contributed by atoms with Crippen molar-refractivity contribution >= 4 is 16.8 Å². The number of rotatable bonds is 4. The summed E-state index contributed by atoms with van der Waals surface area (Å²) in [7, 11) is 4.19. The summed E-state index contributed by atoms with van der Waals surface area (Å²) in [6.07, 6.45) is 5.74. The van der Waals surface area contributed by atoms with Gasteiger partial charge < -0.3 is 14.2 Å². The first-order valence-corrected chi connectivity index (χ1v) is 9.62. The lowest BCUT2D eigenvalue weighted by atomic mass is 10.0. The maximum Gasteiger partial charge on any atom is 0.230 e. The van der Waals surface area contributed by atoms with Gasteiger partial charge in [0.1, 0.15) is 5.82 Å². The molecule has 146 valence electrons. The van der Waals surface area contributed by atoms with Gasteiger partial charge in [-0.05, 0) is 33.0 Å². The molecule has 1 aromatic carbocycles. The molecule has 28 heavy (non-hydrogen) atoms. The number of fused-ring (bicyclic) bond motifs is 1. The van der Waals surface area contributed by atoms with Crippen molar-refractivity contribution in [1.29, 1.82) is 0 Å². The van der Waals surface area contributed by atoms with E-state index in [0.29, 0.717) is 23.5 Å². The summed E-state index contributed by atoms with van der Waals surface area (Å²) in [6.45, 7) is 3.41. The second-order valence-electron chi connectivity index (χ2n) is 7.56. The molecule has 3 aromatic rings. The van der Waals surface area contributed by atoms with Crippen molar-refractivity contribution in [3.8, 4) is 11.3 Å². The molecule has 4 rings (SSSR count). The first-order chi connectivity index (χ1) is 13.5. The average molecular weight is 379 g/mol. The molecule has 1 amide bonds. The average Bonchev–Trinajstić information content (AvgIpc) is 3.14. The van der Waals surface area contributed by atoms with Gasteiger partial charge in [-0.15, -0.1) is 0 Å². The van der Waals surface area contributed by atoms with Crippen LogP contribution in [0.3, 0.4) is 0 Å². The molecule has 0 spiro atoms. The number of carbonyl (C=O) groups excluding carboxylic acids is 1. The van der Waals surface area contributed by atoms with Gasteiger partial charge in [0.25, 0.3) is 0 Å². The molecule has 0 atom stereocenters. The summed E-state index contributed by atoms with van der Waals surface area (Å²) < 4.78 is 5.60. The van der Waals surface area contributed by atoms with E-state index in [1.807, 2.05) is 30.0 Å². The van der Waals surface area contributed by atoms with Gasteiger partial charge in [-0.1, -0.05) is 12.1 Å². The Bertz CT molecular complexity index is 989. The lowest BCUT2D eigenvalue weighted by molar-refractivity contribution is -0.132. The smallest absolute Gasteiger partial charge is 0.230 e. The Morgan fingerprint density at radius 1 is 1.21 bits per heavy atom. The summed E-state index contributed by atoms with van der Waals surface area (Å²) in [5.41, 5.74) is 1.71. The van der Waals surface area contributed by atoms with E-state index in [0.717, 1.165) is 42.4 Å². The Hall–Kier alpha value is -2.80. The zero-order valence-corrected chi connectivity index (χ0v) is 16.6. The number of aromatic nitrogens is 3. The van der Waals surface area contributed by atoms with Crippen molar-refractivity contribution in [1.82, 2.24) is 24.8 Å². The van der Waals surface area contributed by atoms with Gasteiger partial charge in [-0.2, -0.15) is 0 Å². The molecule has 0 N–H and O–H groups in total. The normalized spacial score (nSPS) is 15.5. The second-order valence-corrected chi connectivity index (χ2v) is 7.56. The van der Waals surface area contributed by atoms with Crippen molar-refractivity contribution < 1.29 is 9.21 Å². The highest BCUT2D eigenvalue weighted by Gasteiger charge is 2.24. The maximum atomic E-state index is 12.7. The van der Waals surface area contributed by atoms with Crippen LogP contribution in [0.1, 0.15) is 24.6 Å². The van der Waals surface area contributed by atoms with E-state index >= 15 is 0 Å². The van der Waals surface area contributed by atoms with E-state index < -0.39 is 0 Å². The number of likely N-dealkylation sites (tertiary alicyclic amines) is 1. The SMILES string of the molecule is Cc1ncc(-c2ccc3cnc(CC(=O)N4CCC(N(C)C)CC4)nc3c2)o1. The van der Waals surface area contributed by atoms with E-state index in [1.54, 1.807) is 12.4 Å². The summed E-state index contributed by atoms with van der Waals surface area (Å²) in [6, 6.07) is 6.43. The molecule has 3 heterocycles. The Morgan fingerprint density at radius 3 is 2.68 bits per heavy atom. The zero-order chi connectivity index (χ0) is 19.7. The number of piperidine rings is 1. The fourth-order valence-corrected chi connectivity index (χ4v) is 3.67. The predicted molar refractivity (Wildman–Crippen MR) is 107 cm³/mol. The minimum absolute atomic E-state index is 0.0959. The van der Waals surface area contributed by atoms with E-state index in [9.17, 15) is 4.79 Å². The van der Waals surface area contributed by atoms with Gasteiger partial charge in [0.2, 0.25) is 5.91 Å². The highest BCUT2D eigenvalue weighted by Crippen LogP contribution is 2.24. The minimum atomic E-state index is 0.0959. The molecular formula is C21H25N5O2.